The molecule has 1 N–H and O–H groups in total. The van der Waals surface area contributed by atoms with Gasteiger partial charge in [0.1, 0.15) is 0 Å². The lowest BCUT2D eigenvalue weighted by molar-refractivity contribution is 0.0647. The molecule has 1 aliphatic heterocycles. The minimum absolute atomic E-state index is 0.0945. The van der Waals surface area contributed by atoms with Gasteiger partial charge in [-0.2, -0.15) is 0 Å². The Kier molecular flexibility index (Phi) is 5.09. The number of rotatable bonds is 3. The molecule has 6 nitrogen and oxygen atoms in total. The van der Waals surface area contributed by atoms with E-state index in [4.69, 9.17) is 4.42 Å². The van der Waals surface area contributed by atoms with Crippen molar-refractivity contribution in [1.29, 1.82) is 0 Å². The molecular weight excluding hydrogens is 366 g/mol. The number of pyridine rings is 1. The van der Waals surface area contributed by atoms with Gasteiger partial charge in [0.2, 0.25) is 0 Å². The van der Waals surface area contributed by atoms with Crippen LogP contribution in [0.25, 0.3) is 10.9 Å². The van der Waals surface area contributed by atoms with Gasteiger partial charge in [-0.05, 0) is 63.4 Å². The Balaban J connectivity index is 1.57. The van der Waals surface area contributed by atoms with Crippen LogP contribution in [0.4, 0.5) is 0 Å². The molecule has 2 aromatic heterocycles. The molecule has 1 atom stereocenters. The van der Waals surface area contributed by atoms with Gasteiger partial charge in [-0.1, -0.05) is 11.6 Å². The summed E-state index contributed by atoms with van der Waals surface area (Å²) in [5.74, 6) is 0.0888. The highest BCUT2D eigenvalue weighted by atomic mass is 16.3. The minimum atomic E-state index is -0.133. The van der Waals surface area contributed by atoms with Crippen molar-refractivity contribution in [3.05, 3.63) is 64.7 Å². The second-order valence-electron chi connectivity index (χ2n) is 7.76. The van der Waals surface area contributed by atoms with Crippen molar-refractivity contribution in [3.8, 4) is 0 Å². The van der Waals surface area contributed by atoms with Crippen molar-refractivity contribution in [2.75, 3.05) is 13.1 Å². The zero-order valence-electron chi connectivity index (χ0n) is 17.0. The van der Waals surface area contributed by atoms with Crippen molar-refractivity contribution in [2.24, 2.45) is 0 Å². The molecule has 6 heteroatoms. The van der Waals surface area contributed by atoms with Crippen molar-refractivity contribution in [3.63, 3.8) is 0 Å². The number of hydrogen-bond donors (Lipinski definition) is 1. The van der Waals surface area contributed by atoms with Gasteiger partial charge in [0.15, 0.2) is 5.76 Å². The average Bonchev–Trinajstić information content (AvgIpc) is 3.23. The molecule has 1 aromatic carbocycles. The number of piperidine rings is 1. The Labute approximate surface area is 169 Å². The van der Waals surface area contributed by atoms with Crippen LogP contribution in [0.5, 0.6) is 0 Å². The summed E-state index contributed by atoms with van der Waals surface area (Å²) in [5, 5.41) is 4.02. The Morgan fingerprint density at radius 1 is 1.21 bits per heavy atom. The van der Waals surface area contributed by atoms with Gasteiger partial charge in [0.25, 0.3) is 11.8 Å². The maximum atomic E-state index is 13.3. The zero-order valence-corrected chi connectivity index (χ0v) is 17.0. The SMILES string of the molecule is Cc1ccc2nc(C)c(C)c(C(=O)N[C@@H]3CCCN(C(=O)c4ccco4)C3)c2c1. The maximum absolute atomic E-state index is 13.3. The van der Waals surface area contributed by atoms with Crippen LogP contribution in [0.15, 0.2) is 41.0 Å². The largest absolute Gasteiger partial charge is 0.459 e. The van der Waals surface area contributed by atoms with Gasteiger partial charge in [-0.15, -0.1) is 0 Å². The first-order chi connectivity index (χ1) is 13.9. The summed E-state index contributed by atoms with van der Waals surface area (Å²) < 4.78 is 5.24. The molecule has 1 saturated heterocycles. The molecule has 3 aromatic rings. The number of carbonyl (C=O) groups excluding carboxylic acids is 2. The van der Waals surface area contributed by atoms with Crippen LogP contribution in [-0.2, 0) is 0 Å². The monoisotopic (exact) mass is 391 g/mol. The van der Waals surface area contributed by atoms with Crippen LogP contribution in [0.1, 0.15) is 50.6 Å². The molecule has 29 heavy (non-hydrogen) atoms. The third-order valence-corrected chi connectivity index (χ3v) is 5.63. The summed E-state index contributed by atoms with van der Waals surface area (Å²) in [6.45, 7) is 7.02. The Morgan fingerprint density at radius 2 is 2.03 bits per heavy atom. The van der Waals surface area contributed by atoms with Crippen LogP contribution >= 0.6 is 0 Å². The molecule has 0 bridgehead atoms. The molecule has 1 aliphatic rings. The van der Waals surface area contributed by atoms with Crippen molar-refractivity contribution >= 4 is 22.7 Å². The van der Waals surface area contributed by atoms with Crippen LogP contribution in [0.2, 0.25) is 0 Å². The number of hydrogen-bond acceptors (Lipinski definition) is 4. The van der Waals surface area contributed by atoms with Gasteiger partial charge < -0.3 is 14.6 Å². The first kappa shape index (κ1) is 19.2. The lowest BCUT2D eigenvalue weighted by Gasteiger charge is -2.33. The number of amides is 2. The summed E-state index contributed by atoms with van der Waals surface area (Å²) >= 11 is 0. The number of nitrogens with zero attached hydrogens (tertiary/aromatic N) is 2. The number of carbonyl (C=O) groups is 2. The predicted octanol–water partition coefficient (Wildman–Crippen LogP) is 3.79. The van der Waals surface area contributed by atoms with E-state index in [9.17, 15) is 9.59 Å². The fraction of sp³-hybridized carbons (Fsp3) is 0.348. The molecule has 1 fully saturated rings. The third kappa shape index (κ3) is 3.75. The van der Waals surface area contributed by atoms with Gasteiger partial charge in [-0.25, -0.2) is 0 Å². The Hall–Kier alpha value is -3.15. The predicted molar refractivity (Wildman–Crippen MR) is 111 cm³/mol. The number of benzene rings is 1. The Bertz CT molecular complexity index is 1070. The molecule has 0 radical (unpaired) electrons. The lowest BCUT2D eigenvalue weighted by Crippen LogP contribution is -2.49. The first-order valence-electron chi connectivity index (χ1n) is 9.95. The molecule has 4 rings (SSSR count). The van der Waals surface area contributed by atoms with E-state index in [1.807, 2.05) is 39.0 Å². The normalized spacial score (nSPS) is 16.8. The number of likely N-dealkylation sites (tertiary alicyclic amines) is 1. The lowest BCUT2D eigenvalue weighted by atomic mass is 9.98. The van der Waals surface area contributed by atoms with Gasteiger partial charge in [-0.3, -0.25) is 14.6 Å². The highest BCUT2D eigenvalue weighted by Crippen LogP contribution is 2.25. The molecule has 0 saturated carbocycles. The number of furan rings is 1. The van der Waals surface area contributed by atoms with E-state index in [1.165, 1.54) is 6.26 Å². The van der Waals surface area contributed by atoms with Gasteiger partial charge >= 0.3 is 0 Å². The molecule has 2 amide bonds. The number of fused-ring (bicyclic) bond motifs is 1. The number of aryl methyl sites for hydroxylation is 2. The van der Waals surface area contributed by atoms with Crippen LogP contribution in [-0.4, -0.2) is 40.8 Å². The topological polar surface area (TPSA) is 75.4 Å². The van der Waals surface area contributed by atoms with Crippen molar-refractivity contribution < 1.29 is 14.0 Å². The summed E-state index contributed by atoms with van der Waals surface area (Å²) in [4.78, 5) is 32.2. The van der Waals surface area contributed by atoms with Gasteiger partial charge in [0.05, 0.1) is 17.3 Å². The van der Waals surface area contributed by atoms with E-state index in [0.29, 0.717) is 24.4 Å². The summed E-state index contributed by atoms with van der Waals surface area (Å²) in [6.07, 6.45) is 3.18. The Morgan fingerprint density at radius 3 is 2.79 bits per heavy atom. The van der Waals surface area contributed by atoms with Crippen LogP contribution < -0.4 is 5.32 Å². The maximum Gasteiger partial charge on any atom is 0.289 e. The second-order valence-corrected chi connectivity index (χ2v) is 7.76. The zero-order chi connectivity index (χ0) is 20.5. The smallest absolute Gasteiger partial charge is 0.289 e. The highest BCUT2D eigenvalue weighted by Gasteiger charge is 2.28. The molecule has 0 aliphatic carbocycles. The molecule has 0 unspecified atom stereocenters. The molecular formula is C23H25N3O3. The average molecular weight is 391 g/mol. The third-order valence-electron chi connectivity index (χ3n) is 5.63. The standard InChI is InChI=1S/C23H25N3O3/c1-14-8-9-19-18(12-14)21(15(2)16(3)24-19)22(27)25-17-6-4-10-26(13-17)23(28)20-7-5-11-29-20/h5,7-9,11-12,17H,4,6,10,13H2,1-3H3,(H,25,27)/t17-/m1/s1. The molecule has 150 valence electrons. The van der Waals surface area contributed by atoms with Crippen molar-refractivity contribution in [2.45, 2.75) is 39.7 Å². The number of aromatic nitrogens is 1. The minimum Gasteiger partial charge on any atom is -0.459 e. The fourth-order valence-electron chi connectivity index (χ4n) is 3.98. The van der Waals surface area contributed by atoms with Crippen molar-refractivity contribution in [1.82, 2.24) is 15.2 Å². The van der Waals surface area contributed by atoms with Crippen LogP contribution in [0, 0.1) is 20.8 Å². The second kappa shape index (κ2) is 7.70. The summed E-state index contributed by atoms with van der Waals surface area (Å²) in [5.41, 5.74) is 4.32. The first-order valence-corrected chi connectivity index (χ1v) is 9.95. The van der Waals surface area contributed by atoms with Gasteiger partial charge in [0, 0.05) is 30.2 Å². The van der Waals surface area contributed by atoms with E-state index >= 15 is 0 Å². The van der Waals surface area contributed by atoms with Crippen LogP contribution in [0.3, 0.4) is 0 Å². The fourth-order valence-corrected chi connectivity index (χ4v) is 3.98. The summed E-state index contributed by atoms with van der Waals surface area (Å²) in [6, 6.07) is 9.25. The van der Waals surface area contributed by atoms with E-state index < -0.39 is 0 Å². The number of nitrogens with one attached hydrogen (secondary N) is 1. The quantitative estimate of drug-likeness (QED) is 0.737. The summed E-state index contributed by atoms with van der Waals surface area (Å²) in [7, 11) is 0. The van der Waals surface area contributed by atoms with E-state index in [-0.39, 0.29) is 17.9 Å². The highest BCUT2D eigenvalue weighted by molar-refractivity contribution is 6.08. The molecule has 3 heterocycles. The van der Waals surface area contributed by atoms with E-state index in [0.717, 1.165) is 40.6 Å². The van der Waals surface area contributed by atoms with E-state index in [1.54, 1.807) is 17.0 Å². The molecule has 0 spiro atoms. The van der Waals surface area contributed by atoms with E-state index in [2.05, 4.69) is 10.3 Å².